The lowest BCUT2D eigenvalue weighted by Gasteiger charge is -2.05. The summed E-state index contributed by atoms with van der Waals surface area (Å²) < 4.78 is 44.2. The summed E-state index contributed by atoms with van der Waals surface area (Å²) in [5.74, 6) is -3.83. The average molecular weight is 249 g/mol. The molecule has 3 nitrogen and oxygen atoms in total. The lowest BCUT2D eigenvalue weighted by atomic mass is 10.1. The normalized spacial score (nSPS) is 10.8. The van der Waals surface area contributed by atoms with Gasteiger partial charge in [-0.05, 0) is 0 Å². The Morgan fingerprint density at radius 2 is 1.94 bits per heavy atom. The topological polar surface area (TPSA) is 52.0 Å². The molecule has 0 bridgehead atoms. The molecule has 0 aliphatic rings. The minimum absolute atomic E-state index is 0.114. The van der Waals surface area contributed by atoms with Crippen LogP contribution in [0.5, 0.6) is 0 Å². The minimum Gasteiger partial charge on any atom is -0.367 e. The molecule has 2 N–H and O–H groups in total. The van der Waals surface area contributed by atoms with E-state index in [9.17, 15) is 13.2 Å². The third-order valence-electron chi connectivity index (χ3n) is 1.98. The lowest BCUT2D eigenvalue weighted by molar-refractivity contribution is 0.436. The number of rotatable bonds is 1. The summed E-state index contributed by atoms with van der Waals surface area (Å²) >= 11 is 5.32. The first kappa shape index (κ1) is 10.8. The highest BCUT2D eigenvalue weighted by Crippen LogP contribution is 2.34. The molecule has 0 spiro atoms. The summed E-state index contributed by atoms with van der Waals surface area (Å²) in [6.07, 6.45) is 1.02. The van der Waals surface area contributed by atoms with E-state index in [1.54, 1.807) is 0 Å². The molecule has 1 aromatic heterocycles. The number of benzene rings is 1. The summed E-state index contributed by atoms with van der Waals surface area (Å²) in [4.78, 5) is 0. The van der Waals surface area contributed by atoms with Crippen LogP contribution in [-0.4, -0.2) is 5.16 Å². The van der Waals surface area contributed by atoms with Gasteiger partial charge in [0, 0.05) is 6.07 Å². The number of anilines is 1. The summed E-state index contributed by atoms with van der Waals surface area (Å²) in [5, 5.41) is 2.45. The van der Waals surface area contributed by atoms with E-state index in [1.807, 2.05) is 0 Å². The van der Waals surface area contributed by atoms with Gasteiger partial charge in [-0.1, -0.05) is 16.8 Å². The molecule has 1 heterocycles. The quantitative estimate of drug-likeness (QED) is 0.623. The Hall–Kier alpha value is -1.69. The van der Waals surface area contributed by atoms with Gasteiger partial charge < -0.3 is 10.3 Å². The summed E-state index contributed by atoms with van der Waals surface area (Å²) in [6.45, 7) is 0. The maximum atomic E-state index is 13.5. The molecular weight excluding hydrogens is 245 g/mol. The average Bonchev–Trinajstić information content (AvgIpc) is 2.62. The molecule has 0 amide bonds. The van der Waals surface area contributed by atoms with E-state index >= 15 is 0 Å². The van der Waals surface area contributed by atoms with E-state index in [4.69, 9.17) is 17.3 Å². The van der Waals surface area contributed by atoms with Crippen LogP contribution >= 0.6 is 11.6 Å². The molecule has 0 unspecified atom stereocenters. The van der Waals surface area contributed by atoms with Crippen LogP contribution in [0.1, 0.15) is 0 Å². The molecule has 0 saturated heterocycles. The van der Waals surface area contributed by atoms with E-state index in [0.717, 1.165) is 6.20 Å². The molecule has 2 rings (SSSR count). The first-order valence-electron chi connectivity index (χ1n) is 4.06. The zero-order valence-corrected chi connectivity index (χ0v) is 8.36. The van der Waals surface area contributed by atoms with Crippen molar-refractivity contribution in [2.45, 2.75) is 0 Å². The third-order valence-corrected chi connectivity index (χ3v) is 2.33. The van der Waals surface area contributed by atoms with Crippen molar-refractivity contribution >= 4 is 17.5 Å². The highest BCUT2D eigenvalue weighted by Gasteiger charge is 2.22. The predicted molar refractivity (Wildman–Crippen MR) is 51.2 cm³/mol. The minimum atomic E-state index is -1.24. The van der Waals surface area contributed by atoms with Crippen LogP contribution in [-0.2, 0) is 0 Å². The second kappa shape index (κ2) is 3.71. The van der Waals surface area contributed by atoms with E-state index < -0.39 is 28.0 Å². The number of nitrogen functional groups attached to an aromatic ring is 1. The second-order valence-electron chi connectivity index (χ2n) is 2.95. The Morgan fingerprint density at radius 3 is 2.50 bits per heavy atom. The van der Waals surface area contributed by atoms with Crippen LogP contribution in [0.15, 0.2) is 16.8 Å². The first-order chi connectivity index (χ1) is 7.52. The van der Waals surface area contributed by atoms with Crippen molar-refractivity contribution in [2.75, 3.05) is 5.73 Å². The van der Waals surface area contributed by atoms with Crippen molar-refractivity contribution in [2.24, 2.45) is 0 Å². The van der Waals surface area contributed by atoms with Crippen molar-refractivity contribution in [3.8, 4) is 11.1 Å². The number of aromatic nitrogens is 1. The van der Waals surface area contributed by atoms with Gasteiger partial charge in [0.15, 0.2) is 5.82 Å². The SMILES string of the molecule is Nc1oncc1-c1c(F)cc(F)c(Cl)c1F. The van der Waals surface area contributed by atoms with Gasteiger partial charge in [-0.3, -0.25) is 0 Å². The van der Waals surface area contributed by atoms with Crippen molar-refractivity contribution < 1.29 is 17.7 Å². The van der Waals surface area contributed by atoms with Crippen molar-refractivity contribution in [1.82, 2.24) is 5.16 Å². The molecule has 84 valence electrons. The number of hydrogen-bond donors (Lipinski definition) is 1. The third kappa shape index (κ3) is 1.51. The lowest BCUT2D eigenvalue weighted by Crippen LogP contribution is -1.96. The maximum absolute atomic E-state index is 13.5. The van der Waals surface area contributed by atoms with Gasteiger partial charge in [0.05, 0.1) is 17.3 Å². The molecule has 0 aliphatic heterocycles. The summed E-state index contributed by atoms with van der Waals surface area (Å²) in [7, 11) is 0. The molecule has 7 heteroatoms. The van der Waals surface area contributed by atoms with Crippen LogP contribution in [0.4, 0.5) is 19.1 Å². The van der Waals surface area contributed by atoms with E-state index in [0.29, 0.717) is 6.07 Å². The maximum Gasteiger partial charge on any atom is 0.230 e. The zero-order valence-electron chi connectivity index (χ0n) is 7.60. The van der Waals surface area contributed by atoms with E-state index in [2.05, 4.69) is 9.68 Å². The number of hydrogen-bond acceptors (Lipinski definition) is 3. The fraction of sp³-hybridized carbons (Fsp3) is 0. The Labute approximate surface area is 92.6 Å². The first-order valence-corrected chi connectivity index (χ1v) is 4.43. The Morgan fingerprint density at radius 1 is 1.25 bits per heavy atom. The van der Waals surface area contributed by atoms with Crippen molar-refractivity contribution in [3.63, 3.8) is 0 Å². The van der Waals surface area contributed by atoms with Crippen molar-refractivity contribution in [3.05, 3.63) is 34.7 Å². The highest BCUT2D eigenvalue weighted by molar-refractivity contribution is 6.31. The van der Waals surface area contributed by atoms with Gasteiger partial charge >= 0.3 is 0 Å². The molecule has 16 heavy (non-hydrogen) atoms. The molecule has 0 fully saturated rings. The van der Waals surface area contributed by atoms with Crippen LogP contribution in [0, 0.1) is 17.5 Å². The number of nitrogens with two attached hydrogens (primary N) is 1. The fourth-order valence-electron chi connectivity index (χ4n) is 1.25. The smallest absolute Gasteiger partial charge is 0.230 e. The fourth-order valence-corrected chi connectivity index (χ4v) is 1.40. The monoisotopic (exact) mass is 248 g/mol. The largest absolute Gasteiger partial charge is 0.367 e. The zero-order chi connectivity index (χ0) is 11.9. The van der Waals surface area contributed by atoms with Crippen molar-refractivity contribution in [1.29, 1.82) is 0 Å². The van der Waals surface area contributed by atoms with Gasteiger partial charge in [-0.25, -0.2) is 13.2 Å². The molecule has 0 saturated carbocycles. The number of nitrogens with zero attached hydrogens (tertiary/aromatic N) is 1. The van der Waals surface area contributed by atoms with Gasteiger partial charge in [-0.15, -0.1) is 0 Å². The Balaban J connectivity index is 2.76. The van der Waals surface area contributed by atoms with E-state index in [1.165, 1.54) is 0 Å². The van der Waals surface area contributed by atoms with Gasteiger partial charge in [0.25, 0.3) is 0 Å². The molecule has 0 radical (unpaired) electrons. The summed E-state index contributed by atoms with van der Waals surface area (Å²) in [5.41, 5.74) is 4.62. The predicted octanol–water partition coefficient (Wildman–Crippen LogP) is 2.99. The van der Waals surface area contributed by atoms with Gasteiger partial charge in [0.2, 0.25) is 5.88 Å². The molecular formula is C9H4ClF3N2O. The number of halogens is 4. The van der Waals surface area contributed by atoms with Crippen LogP contribution in [0.3, 0.4) is 0 Å². The van der Waals surface area contributed by atoms with Crippen LogP contribution in [0.2, 0.25) is 5.02 Å². The molecule has 1 aromatic carbocycles. The van der Waals surface area contributed by atoms with Gasteiger partial charge in [-0.2, -0.15) is 0 Å². The van der Waals surface area contributed by atoms with E-state index in [-0.39, 0.29) is 11.4 Å². The van der Waals surface area contributed by atoms with Gasteiger partial charge in [0.1, 0.15) is 16.7 Å². The molecule has 0 aliphatic carbocycles. The molecule has 2 aromatic rings. The Kier molecular flexibility index (Phi) is 2.51. The summed E-state index contributed by atoms with van der Waals surface area (Å²) in [6, 6.07) is 0.465. The Bertz CT molecular complexity index is 556. The molecule has 0 atom stereocenters. The highest BCUT2D eigenvalue weighted by atomic mass is 35.5. The second-order valence-corrected chi connectivity index (χ2v) is 3.32. The van der Waals surface area contributed by atoms with Crippen LogP contribution < -0.4 is 5.73 Å². The van der Waals surface area contributed by atoms with Crippen LogP contribution in [0.25, 0.3) is 11.1 Å². The standard InChI is InChI=1S/C9H4ClF3N2O/c10-7-5(12)1-4(11)6(8(7)13)3-2-15-16-9(3)14/h1-2H,14H2.